The molecule has 4 heteroatoms. The van der Waals surface area contributed by atoms with Crippen molar-refractivity contribution in [2.24, 2.45) is 0 Å². The second-order valence-corrected chi connectivity index (χ2v) is 5.97. The van der Waals surface area contributed by atoms with E-state index >= 15 is 0 Å². The third kappa shape index (κ3) is 2.52. The summed E-state index contributed by atoms with van der Waals surface area (Å²) in [6, 6.07) is 5.70. The van der Waals surface area contributed by atoms with Crippen LogP contribution in [0.2, 0.25) is 0 Å². The van der Waals surface area contributed by atoms with Crippen LogP contribution < -0.4 is 5.32 Å². The first-order valence-electron chi connectivity index (χ1n) is 7.49. The van der Waals surface area contributed by atoms with Gasteiger partial charge < -0.3 is 10.4 Å². The lowest BCUT2D eigenvalue weighted by atomic mass is 9.98. The lowest BCUT2D eigenvalue weighted by molar-refractivity contribution is 0.0914. The van der Waals surface area contributed by atoms with Gasteiger partial charge >= 0.3 is 0 Å². The number of hydrogen-bond donors (Lipinski definition) is 2. The van der Waals surface area contributed by atoms with Crippen LogP contribution in [0.1, 0.15) is 41.6 Å². The van der Waals surface area contributed by atoms with Crippen molar-refractivity contribution in [1.82, 2.24) is 10.2 Å². The van der Waals surface area contributed by atoms with Crippen molar-refractivity contribution in [3.63, 3.8) is 0 Å². The third-order valence-corrected chi connectivity index (χ3v) is 4.63. The Labute approximate surface area is 119 Å². The van der Waals surface area contributed by atoms with E-state index in [4.69, 9.17) is 0 Å². The second kappa shape index (κ2) is 5.44. The number of benzene rings is 1. The minimum absolute atomic E-state index is 0.0140. The topological polar surface area (TPSA) is 52.6 Å². The molecule has 2 saturated heterocycles. The van der Waals surface area contributed by atoms with Crippen molar-refractivity contribution in [2.45, 2.75) is 44.7 Å². The molecule has 0 aliphatic carbocycles. The van der Waals surface area contributed by atoms with E-state index in [1.165, 1.54) is 25.8 Å². The zero-order valence-corrected chi connectivity index (χ0v) is 11.9. The molecule has 0 radical (unpaired) electrons. The first-order valence-corrected chi connectivity index (χ1v) is 7.49. The Balaban J connectivity index is 1.69. The highest BCUT2D eigenvalue weighted by Gasteiger charge is 2.36. The van der Waals surface area contributed by atoms with E-state index in [0.29, 0.717) is 11.6 Å². The first-order chi connectivity index (χ1) is 9.65. The van der Waals surface area contributed by atoms with Gasteiger partial charge in [0.15, 0.2) is 0 Å². The van der Waals surface area contributed by atoms with Crippen molar-refractivity contribution >= 4 is 5.91 Å². The normalized spacial score (nSPS) is 26.2. The highest BCUT2D eigenvalue weighted by molar-refractivity contribution is 5.96. The number of phenols is 1. The molecule has 2 aliphatic rings. The molecule has 1 aromatic rings. The van der Waals surface area contributed by atoms with Crippen molar-refractivity contribution in [3.05, 3.63) is 29.3 Å². The van der Waals surface area contributed by atoms with E-state index < -0.39 is 0 Å². The summed E-state index contributed by atoms with van der Waals surface area (Å²) in [5.41, 5.74) is 1.48. The molecule has 4 nitrogen and oxygen atoms in total. The van der Waals surface area contributed by atoms with Gasteiger partial charge in [-0.2, -0.15) is 0 Å². The van der Waals surface area contributed by atoms with E-state index in [1.807, 2.05) is 6.92 Å². The molecule has 2 heterocycles. The SMILES string of the molecule is Cc1cc(O)ccc1C(=O)NC1CCN2CCCCC12. The molecule has 0 spiro atoms. The van der Waals surface area contributed by atoms with Crippen molar-refractivity contribution < 1.29 is 9.90 Å². The molecule has 3 rings (SSSR count). The van der Waals surface area contributed by atoms with Crippen LogP contribution >= 0.6 is 0 Å². The summed E-state index contributed by atoms with van der Waals surface area (Å²) in [7, 11) is 0. The van der Waals surface area contributed by atoms with Gasteiger partial charge in [0.05, 0.1) is 0 Å². The zero-order chi connectivity index (χ0) is 14.1. The Morgan fingerprint density at radius 1 is 1.30 bits per heavy atom. The molecular formula is C16H22N2O2. The number of carbonyl (C=O) groups excluding carboxylic acids is 1. The maximum Gasteiger partial charge on any atom is 0.251 e. The van der Waals surface area contributed by atoms with Crippen molar-refractivity contribution in [1.29, 1.82) is 0 Å². The molecule has 2 atom stereocenters. The number of aromatic hydroxyl groups is 1. The van der Waals surface area contributed by atoms with Crippen LogP contribution in [-0.2, 0) is 0 Å². The predicted octanol–water partition coefficient (Wildman–Crippen LogP) is 2.06. The molecule has 2 N–H and O–H groups in total. The number of nitrogens with zero attached hydrogens (tertiary/aromatic N) is 1. The fourth-order valence-corrected chi connectivity index (χ4v) is 3.56. The third-order valence-electron chi connectivity index (χ3n) is 4.63. The molecule has 2 aliphatic heterocycles. The number of hydrogen-bond acceptors (Lipinski definition) is 3. The average Bonchev–Trinajstić information content (AvgIpc) is 2.82. The lowest BCUT2D eigenvalue weighted by Gasteiger charge is -2.32. The molecule has 108 valence electrons. The van der Waals surface area contributed by atoms with Crippen molar-refractivity contribution in [2.75, 3.05) is 13.1 Å². The number of carbonyl (C=O) groups is 1. The van der Waals surface area contributed by atoms with Crippen molar-refractivity contribution in [3.8, 4) is 5.75 Å². The maximum atomic E-state index is 12.4. The largest absolute Gasteiger partial charge is 0.508 e. The average molecular weight is 274 g/mol. The van der Waals surface area contributed by atoms with E-state index in [-0.39, 0.29) is 17.7 Å². The minimum Gasteiger partial charge on any atom is -0.508 e. The molecule has 1 amide bonds. The Morgan fingerprint density at radius 3 is 2.95 bits per heavy atom. The molecule has 2 fully saturated rings. The number of piperidine rings is 1. The summed E-state index contributed by atoms with van der Waals surface area (Å²) in [6.07, 6.45) is 4.80. The molecule has 0 saturated carbocycles. The predicted molar refractivity (Wildman–Crippen MR) is 77.9 cm³/mol. The summed E-state index contributed by atoms with van der Waals surface area (Å²) >= 11 is 0. The van der Waals surface area contributed by atoms with Gasteiger partial charge in [0.25, 0.3) is 5.91 Å². The fraction of sp³-hybridized carbons (Fsp3) is 0.562. The van der Waals surface area contributed by atoms with Gasteiger partial charge in [-0.15, -0.1) is 0 Å². The van der Waals surface area contributed by atoms with Gasteiger partial charge in [0, 0.05) is 24.2 Å². The first kappa shape index (κ1) is 13.4. The van der Waals surface area contributed by atoms with Crippen LogP contribution in [0.15, 0.2) is 18.2 Å². The number of fused-ring (bicyclic) bond motifs is 1. The Hall–Kier alpha value is -1.55. The van der Waals surface area contributed by atoms with Gasteiger partial charge in [-0.05, 0) is 56.5 Å². The van der Waals surface area contributed by atoms with Crippen LogP contribution in [-0.4, -0.2) is 41.1 Å². The summed E-state index contributed by atoms with van der Waals surface area (Å²) in [5.74, 6) is 0.193. The molecule has 2 unspecified atom stereocenters. The minimum atomic E-state index is -0.0140. The van der Waals surface area contributed by atoms with E-state index in [0.717, 1.165) is 18.5 Å². The Morgan fingerprint density at radius 2 is 2.15 bits per heavy atom. The van der Waals surface area contributed by atoms with Gasteiger partial charge in [0.2, 0.25) is 0 Å². The number of nitrogens with one attached hydrogen (secondary N) is 1. The summed E-state index contributed by atoms with van der Waals surface area (Å²) < 4.78 is 0. The van der Waals surface area contributed by atoms with Crippen LogP contribution in [0.5, 0.6) is 5.75 Å². The number of aryl methyl sites for hydroxylation is 1. The van der Waals surface area contributed by atoms with Crippen LogP contribution in [0, 0.1) is 6.92 Å². The Kier molecular flexibility index (Phi) is 3.66. The van der Waals surface area contributed by atoms with Crippen LogP contribution in [0.3, 0.4) is 0 Å². The van der Waals surface area contributed by atoms with E-state index in [2.05, 4.69) is 10.2 Å². The van der Waals surface area contributed by atoms with Gasteiger partial charge in [-0.3, -0.25) is 9.69 Å². The molecule has 0 aromatic heterocycles. The monoisotopic (exact) mass is 274 g/mol. The highest BCUT2D eigenvalue weighted by atomic mass is 16.3. The van der Waals surface area contributed by atoms with Gasteiger partial charge in [-0.25, -0.2) is 0 Å². The number of amides is 1. The van der Waals surface area contributed by atoms with Crippen LogP contribution in [0.4, 0.5) is 0 Å². The van der Waals surface area contributed by atoms with E-state index in [1.54, 1.807) is 18.2 Å². The second-order valence-electron chi connectivity index (χ2n) is 5.97. The molecular weight excluding hydrogens is 252 g/mol. The smallest absolute Gasteiger partial charge is 0.251 e. The van der Waals surface area contributed by atoms with Crippen LogP contribution in [0.25, 0.3) is 0 Å². The van der Waals surface area contributed by atoms with Gasteiger partial charge in [0.1, 0.15) is 5.75 Å². The summed E-state index contributed by atoms with van der Waals surface area (Å²) in [6.45, 7) is 4.13. The fourth-order valence-electron chi connectivity index (χ4n) is 3.56. The van der Waals surface area contributed by atoms with E-state index in [9.17, 15) is 9.90 Å². The highest BCUT2D eigenvalue weighted by Crippen LogP contribution is 2.27. The quantitative estimate of drug-likeness (QED) is 0.868. The summed E-state index contributed by atoms with van der Waals surface area (Å²) in [5, 5.41) is 12.6. The molecule has 1 aromatic carbocycles. The van der Waals surface area contributed by atoms with Gasteiger partial charge in [-0.1, -0.05) is 6.42 Å². The zero-order valence-electron chi connectivity index (χ0n) is 11.9. The Bertz CT molecular complexity index is 515. The molecule has 20 heavy (non-hydrogen) atoms. The maximum absolute atomic E-state index is 12.4. The molecule has 0 bridgehead atoms. The number of rotatable bonds is 2. The number of phenolic OH excluding ortho intramolecular Hbond substituents is 1. The standard InChI is InChI=1S/C16H22N2O2/c1-11-10-12(19)5-6-13(11)16(20)17-14-7-9-18-8-3-2-4-15(14)18/h5-6,10,14-15,19H,2-4,7-9H2,1H3,(H,17,20). The summed E-state index contributed by atoms with van der Waals surface area (Å²) in [4.78, 5) is 14.9. The lowest BCUT2D eigenvalue weighted by Crippen LogP contribution is -2.46.